The molecule has 1 unspecified atom stereocenters. The number of nitrogens with zero attached hydrogens (tertiary/aromatic N) is 7. The lowest BCUT2D eigenvalue weighted by Crippen LogP contribution is -2.59. The molecule has 2 fully saturated rings. The van der Waals surface area contributed by atoms with E-state index in [2.05, 4.69) is 35.2 Å². The van der Waals surface area contributed by atoms with Crippen LogP contribution in [0.2, 0.25) is 5.02 Å². The van der Waals surface area contributed by atoms with Crippen LogP contribution in [0.5, 0.6) is 6.01 Å². The van der Waals surface area contributed by atoms with E-state index in [-0.39, 0.29) is 29.7 Å². The van der Waals surface area contributed by atoms with Gasteiger partial charge in [-0.05, 0) is 44.3 Å². The second-order valence-corrected chi connectivity index (χ2v) is 12.3. The Kier molecular flexibility index (Phi) is 8.07. The zero-order valence-electron chi connectivity index (χ0n) is 24.8. The molecule has 0 radical (unpaired) electrons. The number of benzene rings is 2. The Morgan fingerprint density at radius 3 is 2.73 bits per heavy atom. The smallest absolute Gasteiger partial charge is 0.318 e. The summed E-state index contributed by atoms with van der Waals surface area (Å²) in [7, 11) is 2.06. The van der Waals surface area contributed by atoms with Gasteiger partial charge in [0, 0.05) is 49.4 Å². The molecule has 4 heterocycles. The van der Waals surface area contributed by atoms with Crippen LogP contribution in [0, 0.1) is 12.4 Å². The fraction of sp³-hybridized carbons (Fsp3) is 0.438. The number of aromatic nitrogens is 2. The number of ether oxygens (including phenoxy) is 1. The van der Waals surface area contributed by atoms with Gasteiger partial charge in [0.05, 0.1) is 22.8 Å². The molecule has 44 heavy (non-hydrogen) atoms. The van der Waals surface area contributed by atoms with Crippen molar-refractivity contribution in [1.82, 2.24) is 19.8 Å². The van der Waals surface area contributed by atoms with Crippen LogP contribution in [0.3, 0.4) is 0 Å². The zero-order chi connectivity index (χ0) is 31.2. The summed E-state index contributed by atoms with van der Waals surface area (Å²) in [6.45, 7) is 16.2. The van der Waals surface area contributed by atoms with Crippen molar-refractivity contribution in [3.8, 4) is 6.01 Å². The normalized spacial score (nSPS) is 21.9. The lowest BCUT2D eigenvalue weighted by atomic mass is 9.88. The predicted octanol–water partition coefficient (Wildman–Crippen LogP) is 4.88. The van der Waals surface area contributed by atoms with Crippen LogP contribution in [0.15, 0.2) is 42.7 Å². The molecular formula is C32H34ClF2N7O2. The maximum Gasteiger partial charge on any atom is 0.318 e. The summed E-state index contributed by atoms with van der Waals surface area (Å²) in [6.07, 6.45) is 1.60. The summed E-state index contributed by atoms with van der Waals surface area (Å²) >= 11 is 6.47. The first-order chi connectivity index (χ1) is 21.1. The van der Waals surface area contributed by atoms with Gasteiger partial charge in [-0.2, -0.15) is 9.97 Å². The van der Waals surface area contributed by atoms with Crippen LogP contribution in [0.1, 0.15) is 24.6 Å². The molecule has 3 aromatic rings. The molecule has 3 aliphatic heterocycles. The van der Waals surface area contributed by atoms with Crippen LogP contribution in [0.4, 0.5) is 20.3 Å². The van der Waals surface area contributed by atoms with E-state index in [4.69, 9.17) is 32.9 Å². The maximum atomic E-state index is 14.5. The van der Waals surface area contributed by atoms with Crippen LogP contribution in [-0.4, -0.2) is 90.2 Å². The van der Waals surface area contributed by atoms with Crippen LogP contribution in [0.25, 0.3) is 15.6 Å². The monoisotopic (exact) mass is 621 g/mol. The SMILES string of the molecule is [C-]#[N+]C[C@H]1CN(c2nc(OCC3(C)CCN3C)nc3c2CCN(c2cccc4ccc(F)c(Cl)c24)C3)CCN1C(=O)C(=C)F. The lowest BCUT2D eigenvalue weighted by molar-refractivity contribution is -0.131. The Bertz CT molecular complexity index is 1680. The van der Waals surface area contributed by atoms with Gasteiger partial charge in [-0.15, -0.1) is 0 Å². The second-order valence-electron chi connectivity index (χ2n) is 12.0. The Morgan fingerprint density at radius 1 is 1.20 bits per heavy atom. The predicted molar refractivity (Wildman–Crippen MR) is 166 cm³/mol. The van der Waals surface area contributed by atoms with Gasteiger partial charge in [-0.3, -0.25) is 9.69 Å². The maximum absolute atomic E-state index is 14.5. The second kappa shape index (κ2) is 11.8. The van der Waals surface area contributed by atoms with Crippen LogP contribution < -0.4 is 14.5 Å². The Labute approximate surface area is 260 Å². The number of carbonyl (C=O) groups excluding carboxylic acids is 1. The molecule has 6 rings (SSSR count). The molecular weight excluding hydrogens is 588 g/mol. The molecule has 0 N–H and O–H groups in total. The molecule has 0 aliphatic carbocycles. The number of amides is 1. The number of rotatable bonds is 7. The van der Waals surface area contributed by atoms with E-state index >= 15 is 0 Å². The lowest BCUT2D eigenvalue weighted by Gasteiger charge is -2.47. The molecule has 9 nitrogen and oxygen atoms in total. The molecule has 12 heteroatoms. The van der Waals surface area contributed by atoms with E-state index < -0.39 is 23.6 Å². The summed E-state index contributed by atoms with van der Waals surface area (Å²) in [5, 5.41) is 1.59. The highest BCUT2D eigenvalue weighted by Gasteiger charge is 2.39. The number of fused-ring (bicyclic) bond motifs is 2. The first-order valence-corrected chi connectivity index (χ1v) is 15.1. The number of hydrogen-bond donors (Lipinski definition) is 0. The van der Waals surface area contributed by atoms with Gasteiger partial charge in [0.15, 0.2) is 5.83 Å². The van der Waals surface area contributed by atoms with Crippen molar-refractivity contribution in [2.24, 2.45) is 0 Å². The van der Waals surface area contributed by atoms with Crippen LogP contribution in [-0.2, 0) is 17.8 Å². The number of halogens is 3. The van der Waals surface area contributed by atoms with Crippen molar-refractivity contribution in [2.75, 3.05) is 62.7 Å². The van der Waals surface area contributed by atoms with Gasteiger partial charge < -0.3 is 24.3 Å². The molecule has 0 bridgehead atoms. The van der Waals surface area contributed by atoms with E-state index in [1.165, 1.54) is 11.0 Å². The first kappa shape index (κ1) is 30.0. The Balaban J connectivity index is 1.36. The topological polar surface area (TPSA) is 69.4 Å². The van der Waals surface area contributed by atoms with E-state index in [9.17, 15) is 13.6 Å². The third-order valence-corrected chi connectivity index (χ3v) is 9.64. The highest BCUT2D eigenvalue weighted by molar-refractivity contribution is 6.36. The van der Waals surface area contributed by atoms with Gasteiger partial charge in [0.25, 0.3) is 5.91 Å². The van der Waals surface area contributed by atoms with Gasteiger partial charge >= 0.3 is 6.01 Å². The molecule has 2 saturated heterocycles. The summed E-state index contributed by atoms with van der Waals surface area (Å²) < 4.78 is 34.6. The highest BCUT2D eigenvalue weighted by atomic mass is 35.5. The average molecular weight is 622 g/mol. The average Bonchev–Trinajstić information content (AvgIpc) is 3.03. The van der Waals surface area contributed by atoms with Gasteiger partial charge in [-0.25, -0.2) is 15.4 Å². The standard InChI is InChI=1S/C32H34ClF2N7O2/c1-20(34)30(43)42-15-14-41(17-22(42)16-36-3)29-23-10-12-40(26-7-5-6-21-8-9-24(35)28(33)27(21)26)18-25(23)37-31(38-29)44-19-32(2)11-13-39(32)4/h5-9,22H,1,10-19H2,2,4H3/t22-,32?/m0/s1. The minimum absolute atomic E-state index is 0.0308. The van der Waals surface area contributed by atoms with Crippen molar-refractivity contribution in [2.45, 2.75) is 37.9 Å². The molecule has 0 spiro atoms. The number of carbonyl (C=O) groups is 1. The summed E-state index contributed by atoms with van der Waals surface area (Å²) in [5.41, 5.74) is 2.44. The number of hydrogen-bond acceptors (Lipinski definition) is 7. The van der Waals surface area contributed by atoms with E-state index in [0.717, 1.165) is 35.3 Å². The zero-order valence-corrected chi connectivity index (χ0v) is 25.6. The highest BCUT2D eigenvalue weighted by Crippen LogP contribution is 2.38. The van der Waals surface area contributed by atoms with E-state index in [1.807, 2.05) is 23.1 Å². The summed E-state index contributed by atoms with van der Waals surface area (Å²) in [5.74, 6) is -1.60. The minimum Gasteiger partial charge on any atom is -0.461 e. The van der Waals surface area contributed by atoms with Gasteiger partial charge in [0.2, 0.25) is 6.54 Å². The quantitative estimate of drug-likeness (QED) is 0.275. The van der Waals surface area contributed by atoms with Crippen LogP contribution >= 0.6 is 11.6 Å². The molecule has 2 aromatic carbocycles. The van der Waals surface area contributed by atoms with E-state index in [0.29, 0.717) is 50.4 Å². The third kappa shape index (κ3) is 5.41. The molecule has 230 valence electrons. The summed E-state index contributed by atoms with van der Waals surface area (Å²) in [4.78, 5) is 33.6. The molecule has 0 saturated carbocycles. The molecule has 1 aromatic heterocycles. The van der Waals surface area contributed by atoms with Crippen molar-refractivity contribution in [3.05, 3.63) is 76.3 Å². The van der Waals surface area contributed by atoms with Gasteiger partial charge in [0.1, 0.15) is 24.3 Å². The minimum atomic E-state index is -1.04. The number of piperazine rings is 1. The van der Waals surface area contributed by atoms with Crippen molar-refractivity contribution >= 4 is 39.8 Å². The molecule has 2 atom stereocenters. The number of anilines is 2. The van der Waals surface area contributed by atoms with Gasteiger partial charge in [-0.1, -0.05) is 36.4 Å². The van der Waals surface area contributed by atoms with E-state index in [1.54, 1.807) is 6.07 Å². The summed E-state index contributed by atoms with van der Waals surface area (Å²) in [6, 6.07) is 8.62. The first-order valence-electron chi connectivity index (χ1n) is 14.7. The third-order valence-electron chi connectivity index (χ3n) is 9.27. The number of likely N-dealkylation sites (N-methyl/N-ethyl adjacent to an activating group) is 1. The fourth-order valence-corrected chi connectivity index (χ4v) is 6.60. The Hall–Kier alpha value is -4.01. The van der Waals surface area contributed by atoms with Crippen molar-refractivity contribution in [3.63, 3.8) is 0 Å². The number of likely N-dealkylation sites (tertiary alicyclic amines) is 1. The largest absolute Gasteiger partial charge is 0.461 e. The molecule has 1 amide bonds. The fourth-order valence-electron chi connectivity index (χ4n) is 6.33. The van der Waals surface area contributed by atoms with Crippen molar-refractivity contribution < 1.29 is 18.3 Å². The molecule has 3 aliphatic rings. The van der Waals surface area contributed by atoms with Crippen molar-refractivity contribution in [1.29, 1.82) is 0 Å². The Morgan fingerprint density at radius 2 is 2.02 bits per heavy atom.